The summed E-state index contributed by atoms with van der Waals surface area (Å²) in [5, 5.41) is 0.763. The first-order valence-electron chi connectivity index (χ1n) is 8.07. The van der Waals surface area contributed by atoms with Gasteiger partial charge in [-0.2, -0.15) is 0 Å². The Kier molecular flexibility index (Phi) is 3.35. The fourth-order valence-corrected chi connectivity index (χ4v) is 3.76. The Morgan fingerprint density at radius 1 is 1.30 bits per heavy atom. The van der Waals surface area contributed by atoms with E-state index in [1.54, 1.807) is 18.3 Å². The second-order valence-corrected chi connectivity index (χ2v) is 6.71. The number of ether oxygens (including phenoxy) is 1. The molecule has 5 rings (SSSR count). The highest BCUT2D eigenvalue weighted by atomic mass is 16.5. The molecule has 4 heterocycles. The lowest BCUT2D eigenvalue weighted by atomic mass is 9.73. The summed E-state index contributed by atoms with van der Waals surface area (Å²) < 4.78 is 5.67. The Morgan fingerprint density at radius 3 is 2.74 bits per heavy atom. The van der Waals surface area contributed by atoms with Crippen LogP contribution in [-0.4, -0.2) is 42.1 Å². The van der Waals surface area contributed by atoms with Crippen molar-refractivity contribution < 1.29 is 9.53 Å². The maximum Gasteiger partial charge on any atom is 0.340 e. The van der Waals surface area contributed by atoms with Crippen molar-refractivity contribution in [1.29, 1.82) is 0 Å². The lowest BCUT2D eigenvalue weighted by Gasteiger charge is -2.47. The molecule has 118 valence electrons. The van der Waals surface area contributed by atoms with Crippen LogP contribution in [0.2, 0.25) is 0 Å². The van der Waals surface area contributed by atoms with Crippen LogP contribution in [0, 0.1) is 12.0 Å². The van der Waals surface area contributed by atoms with E-state index in [4.69, 9.17) is 11.3 Å². The number of piperidine rings is 3. The van der Waals surface area contributed by atoms with Gasteiger partial charge in [-0.25, -0.2) is 9.64 Å². The Labute approximate surface area is 135 Å². The molecular weight excluding hydrogens is 290 g/mol. The Hall–Kier alpha value is -2.32. The van der Waals surface area contributed by atoms with Crippen molar-refractivity contribution in [3.05, 3.63) is 41.4 Å². The van der Waals surface area contributed by atoms with Gasteiger partial charge in [0.2, 0.25) is 0 Å². The van der Waals surface area contributed by atoms with Gasteiger partial charge < -0.3 is 14.6 Å². The van der Waals surface area contributed by atoms with Crippen molar-refractivity contribution in [2.75, 3.05) is 26.2 Å². The molecule has 2 aromatic rings. The van der Waals surface area contributed by atoms with Gasteiger partial charge in [-0.1, -0.05) is 6.07 Å². The summed E-state index contributed by atoms with van der Waals surface area (Å²) in [6.07, 6.45) is 5.05. The maximum absolute atomic E-state index is 12.5. The zero-order chi connectivity index (χ0) is 15.9. The minimum atomic E-state index is -0.291. The highest BCUT2D eigenvalue weighted by molar-refractivity contribution is 6.05. The van der Waals surface area contributed by atoms with Crippen LogP contribution in [0.15, 0.2) is 24.4 Å². The molecule has 2 bridgehead atoms. The summed E-state index contributed by atoms with van der Waals surface area (Å²) in [5.41, 5.74) is 2.09. The highest BCUT2D eigenvalue weighted by Crippen LogP contribution is 2.40. The first-order valence-corrected chi connectivity index (χ1v) is 8.07. The predicted molar refractivity (Wildman–Crippen MR) is 87.6 cm³/mol. The average Bonchev–Trinajstić information content (AvgIpc) is 3.04. The average molecular weight is 309 g/mol. The van der Waals surface area contributed by atoms with Gasteiger partial charge in [0.25, 0.3) is 0 Å². The first kappa shape index (κ1) is 14.3. The topological polar surface area (TPSA) is 49.7 Å². The third-order valence-electron chi connectivity index (χ3n) is 5.40. The lowest BCUT2D eigenvalue weighted by molar-refractivity contribution is -0.0304. The number of rotatable bonds is 3. The third kappa shape index (κ3) is 2.49. The van der Waals surface area contributed by atoms with E-state index in [1.165, 1.54) is 0 Å². The molecule has 0 atom stereocenters. The molecule has 0 amide bonds. The van der Waals surface area contributed by atoms with E-state index in [1.807, 2.05) is 6.07 Å². The molecule has 1 N–H and O–H groups in total. The largest absolute Gasteiger partial charge is 0.461 e. The third-order valence-corrected chi connectivity index (χ3v) is 5.40. The highest BCUT2D eigenvalue weighted by Gasteiger charge is 2.40. The van der Waals surface area contributed by atoms with Crippen molar-refractivity contribution in [2.45, 2.75) is 19.3 Å². The number of fused-ring (bicyclic) bond motifs is 4. The summed E-state index contributed by atoms with van der Waals surface area (Å²) in [6.45, 7) is 11.0. The second-order valence-electron chi connectivity index (χ2n) is 6.71. The number of aromatic amines is 1. The summed E-state index contributed by atoms with van der Waals surface area (Å²) in [7, 11) is 0. The monoisotopic (exact) mass is 309 g/mol. The van der Waals surface area contributed by atoms with Gasteiger partial charge >= 0.3 is 5.97 Å². The quantitative estimate of drug-likeness (QED) is 0.698. The number of hydrogen-bond acceptors (Lipinski definition) is 3. The van der Waals surface area contributed by atoms with E-state index in [0.717, 1.165) is 49.8 Å². The van der Waals surface area contributed by atoms with Gasteiger partial charge in [0.1, 0.15) is 0 Å². The fourth-order valence-electron chi connectivity index (χ4n) is 3.76. The number of aromatic nitrogens is 1. The minimum Gasteiger partial charge on any atom is -0.461 e. The Morgan fingerprint density at radius 2 is 2.04 bits per heavy atom. The number of carbonyl (C=O) groups excluding carboxylic acids is 1. The van der Waals surface area contributed by atoms with Crippen LogP contribution in [-0.2, 0) is 4.74 Å². The van der Waals surface area contributed by atoms with Gasteiger partial charge in [0, 0.05) is 22.5 Å². The number of carbonyl (C=O) groups is 1. The van der Waals surface area contributed by atoms with Crippen molar-refractivity contribution in [3.8, 4) is 0 Å². The van der Waals surface area contributed by atoms with Crippen LogP contribution in [0.5, 0.6) is 0 Å². The number of nitrogens with zero attached hydrogens (tertiary/aromatic N) is 2. The van der Waals surface area contributed by atoms with Gasteiger partial charge in [-0.15, -0.1) is 0 Å². The molecule has 0 aliphatic carbocycles. The molecule has 0 spiro atoms. The van der Waals surface area contributed by atoms with Crippen LogP contribution in [0.1, 0.15) is 29.6 Å². The molecule has 1 aromatic heterocycles. The van der Waals surface area contributed by atoms with Crippen LogP contribution in [0.4, 0.5) is 5.69 Å². The predicted octanol–water partition coefficient (Wildman–Crippen LogP) is 3.36. The molecular formula is C18H19N3O2. The van der Waals surface area contributed by atoms with Gasteiger partial charge in [-0.3, -0.25) is 0 Å². The van der Waals surface area contributed by atoms with Gasteiger partial charge in [0.15, 0.2) is 5.69 Å². The van der Waals surface area contributed by atoms with E-state index in [9.17, 15) is 4.79 Å². The van der Waals surface area contributed by atoms with Crippen LogP contribution >= 0.6 is 0 Å². The van der Waals surface area contributed by atoms with E-state index in [-0.39, 0.29) is 11.4 Å². The van der Waals surface area contributed by atoms with Gasteiger partial charge in [0.05, 0.1) is 18.7 Å². The lowest BCUT2D eigenvalue weighted by Crippen LogP contribution is -2.50. The summed E-state index contributed by atoms with van der Waals surface area (Å²) >= 11 is 0. The number of hydrogen-bond donors (Lipinski definition) is 1. The van der Waals surface area contributed by atoms with Crippen molar-refractivity contribution in [3.63, 3.8) is 0 Å². The van der Waals surface area contributed by atoms with E-state index in [0.29, 0.717) is 17.9 Å². The fraction of sp³-hybridized carbons (Fsp3) is 0.444. The van der Waals surface area contributed by atoms with Crippen molar-refractivity contribution in [2.24, 2.45) is 5.41 Å². The number of benzene rings is 1. The zero-order valence-corrected chi connectivity index (χ0v) is 13.0. The zero-order valence-electron chi connectivity index (χ0n) is 13.0. The van der Waals surface area contributed by atoms with Crippen LogP contribution in [0.3, 0.4) is 0 Å². The standard InChI is InChI=1S/C18H19N3O2/c1-19-13-2-3-16-14(10-13)15(11-20-16)17(22)23-12-18-4-7-21(8-5-18)9-6-18/h2-3,10-11,20H,4-9,12H2. The SMILES string of the molecule is [C-]#[N+]c1ccc2[nH]cc(C(=O)OCC34CCN(CC3)CC4)c2c1. The Bertz CT molecular complexity index is 780. The number of esters is 1. The Balaban J connectivity index is 1.52. The molecule has 0 unspecified atom stereocenters. The normalized spacial score (nSPS) is 26.1. The van der Waals surface area contributed by atoms with Crippen molar-refractivity contribution >= 4 is 22.6 Å². The van der Waals surface area contributed by atoms with Gasteiger partial charge in [-0.05, 0) is 51.0 Å². The van der Waals surface area contributed by atoms with Crippen LogP contribution in [0.25, 0.3) is 15.7 Å². The molecule has 0 saturated carbocycles. The molecule has 5 heteroatoms. The smallest absolute Gasteiger partial charge is 0.340 e. The van der Waals surface area contributed by atoms with E-state index >= 15 is 0 Å². The molecule has 3 fully saturated rings. The van der Waals surface area contributed by atoms with E-state index < -0.39 is 0 Å². The molecule has 1 aromatic carbocycles. The summed E-state index contributed by atoms with van der Waals surface area (Å²) in [6, 6.07) is 5.32. The molecule has 0 radical (unpaired) electrons. The first-order chi connectivity index (χ1) is 11.2. The summed E-state index contributed by atoms with van der Waals surface area (Å²) in [5.74, 6) is -0.291. The second kappa shape index (κ2) is 5.39. The molecule has 3 saturated heterocycles. The number of H-pyrrole nitrogens is 1. The van der Waals surface area contributed by atoms with E-state index in [2.05, 4.69) is 14.7 Å². The maximum atomic E-state index is 12.5. The molecule has 5 nitrogen and oxygen atoms in total. The van der Waals surface area contributed by atoms with Crippen molar-refractivity contribution in [1.82, 2.24) is 9.88 Å². The molecule has 3 aliphatic rings. The van der Waals surface area contributed by atoms with Crippen LogP contribution < -0.4 is 0 Å². The summed E-state index contributed by atoms with van der Waals surface area (Å²) in [4.78, 5) is 21.5. The number of nitrogens with one attached hydrogen (secondary N) is 1. The molecule has 3 aliphatic heterocycles. The molecule has 23 heavy (non-hydrogen) atoms. The minimum absolute atomic E-state index is 0.179.